The van der Waals surface area contributed by atoms with Crippen LogP contribution in [0.25, 0.3) is 0 Å². The first-order valence-electron chi connectivity index (χ1n) is 9.10. The number of phenols is 1. The first-order valence-corrected chi connectivity index (χ1v) is 9.85. The maximum Gasteiger partial charge on any atom is 0.410 e. The molecular weight excluding hydrogens is 456 g/mol. The van der Waals surface area contributed by atoms with Crippen LogP contribution in [0.2, 0.25) is 10.0 Å². The molecule has 3 N–H and O–H groups in total. The summed E-state index contributed by atoms with van der Waals surface area (Å²) in [7, 11) is 0. The Balaban J connectivity index is 1.65. The largest absolute Gasteiger partial charge is 0.506 e. The number of alkyl halides is 3. The molecule has 0 radical (unpaired) electrons. The molecule has 4 rings (SSSR count). The van der Waals surface area contributed by atoms with Crippen LogP contribution in [0.15, 0.2) is 48.5 Å². The lowest BCUT2D eigenvalue weighted by Crippen LogP contribution is -2.35. The number of carbonyl (C=O) groups excluding carboxylic acids is 1. The molecule has 2 heterocycles. The van der Waals surface area contributed by atoms with Crippen LogP contribution in [0.3, 0.4) is 0 Å². The van der Waals surface area contributed by atoms with Crippen molar-refractivity contribution in [2.24, 2.45) is 0 Å². The molecule has 2 unspecified atom stereocenters. The summed E-state index contributed by atoms with van der Waals surface area (Å²) in [6.45, 7) is 0. The van der Waals surface area contributed by atoms with Gasteiger partial charge < -0.3 is 15.7 Å². The van der Waals surface area contributed by atoms with Crippen LogP contribution in [0, 0.1) is 0 Å². The van der Waals surface area contributed by atoms with E-state index in [1.165, 1.54) is 24.3 Å². The van der Waals surface area contributed by atoms with Crippen molar-refractivity contribution in [1.29, 1.82) is 0 Å². The number of fused-ring (bicyclic) bond motifs is 1. The number of hydrogen-bond acceptors (Lipinski definition) is 4. The zero-order valence-electron chi connectivity index (χ0n) is 15.6. The first kappa shape index (κ1) is 21.3. The van der Waals surface area contributed by atoms with Gasteiger partial charge in [0.1, 0.15) is 11.6 Å². The van der Waals surface area contributed by atoms with Crippen molar-refractivity contribution < 1.29 is 23.1 Å². The number of nitrogens with zero attached hydrogens (tertiary/aromatic N) is 2. The molecule has 2 atom stereocenters. The lowest BCUT2D eigenvalue weighted by molar-refractivity contribution is -0.173. The fourth-order valence-corrected chi connectivity index (χ4v) is 3.69. The molecule has 1 aliphatic rings. The number of aromatic hydroxyl groups is 1. The second-order valence-electron chi connectivity index (χ2n) is 7.02. The average molecular weight is 471 g/mol. The second-order valence-corrected chi connectivity index (χ2v) is 7.89. The van der Waals surface area contributed by atoms with Crippen molar-refractivity contribution in [3.63, 3.8) is 0 Å². The van der Waals surface area contributed by atoms with E-state index >= 15 is 0 Å². The van der Waals surface area contributed by atoms with Crippen molar-refractivity contribution in [3.8, 4) is 5.75 Å². The zero-order valence-corrected chi connectivity index (χ0v) is 17.1. The third-order valence-corrected chi connectivity index (χ3v) is 5.39. The molecule has 6 nitrogen and oxygen atoms in total. The fraction of sp³-hybridized carbons (Fsp3) is 0.200. The summed E-state index contributed by atoms with van der Waals surface area (Å²) in [6, 6.07) is 9.18. The lowest BCUT2D eigenvalue weighted by atomic mass is 9.97. The Hall–Kier alpha value is -2.91. The summed E-state index contributed by atoms with van der Waals surface area (Å²) >= 11 is 11.7. The Bertz CT molecular complexity index is 1130. The summed E-state index contributed by atoms with van der Waals surface area (Å²) in [6.07, 6.45) is -4.89. The van der Waals surface area contributed by atoms with Crippen LogP contribution in [0.5, 0.6) is 5.75 Å². The number of rotatable bonds is 3. The monoisotopic (exact) mass is 470 g/mol. The number of hydrogen-bond donors (Lipinski definition) is 3. The van der Waals surface area contributed by atoms with Gasteiger partial charge in [-0.3, -0.25) is 4.79 Å². The van der Waals surface area contributed by atoms with E-state index < -0.39 is 24.2 Å². The molecule has 0 saturated heterocycles. The SMILES string of the molecule is O=C(Nc1cc(Cl)ccc1O)c1cc2n(n1)C(C(F)(F)F)CC(c1ccc(Cl)cc1)N2. The average Bonchev–Trinajstić information content (AvgIpc) is 3.14. The van der Waals surface area contributed by atoms with Crippen LogP contribution in [-0.4, -0.2) is 27.0 Å². The number of phenolic OH excluding ortho intramolecular Hbond substituents is 1. The van der Waals surface area contributed by atoms with Gasteiger partial charge in [0.25, 0.3) is 5.91 Å². The molecule has 0 spiro atoms. The van der Waals surface area contributed by atoms with E-state index in [9.17, 15) is 23.1 Å². The summed E-state index contributed by atoms with van der Waals surface area (Å²) < 4.78 is 42.1. The predicted molar refractivity (Wildman–Crippen MR) is 111 cm³/mol. The standard InChI is InChI=1S/C20H15Cl2F3N4O2/c21-11-3-1-10(2-4-11)13-8-17(20(23,24)25)29-18(26-13)9-15(28-29)19(31)27-14-7-12(22)5-6-16(14)30/h1-7,9,13,17,26,30H,8H2,(H,27,31). The number of amides is 1. The molecule has 1 aliphatic heterocycles. The Morgan fingerprint density at radius 1 is 1.13 bits per heavy atom. The molecule has 0 aliphatic carbocycles. The highest BCUT2D eigenvalue weighted by atomic mass is 35.5. The zero-order chi connectivity index (χ0) is 22.3. The van der Waals surface area contributed by atoms with E-state index in [0.29, 0.717) is 10.6 Å². The lowest BCUT2D eigenvalue weighted by Gasteiger charge is -2.33. The van der Waals surface area contributed by atoms with Crippen LogP contribution < -0.4 is 10.6 Å². The normalized spacial score (nSPS) is 18.2. The van der Waals surface area contributed by atoms with E-state index in [1.807, 2.05) is 0 Å². The number of carbonyl (C=O) groups is 1. The van der Waals surface area contributed by atoms with Crippen LogP contribution >= 0.6 is 23.2 Å². The van der Waals surface area contributed by atoms with Gasteiger partial charge in [-0.1, -0.05) is 35.3 Å². The van der Waals surface area contributed by atoms with Crippen molar-refractivity contribution in [3.05, 3.63) is 69.8 Å². The molecule has 2 aromatic carbocycles. The van der Waals surface area contributed by atoms with Crippen LogP contribution in [-0.2, 0) is 0 Å². The Kier molecular flexibility index (Phi) is 5.49. The molecule has 0 bridgehead atoms. The Morgan fingerprint density at radius 3 is 2.48 bits per heavy atom. The topological polar surface area (TPSA) is 79.2 Å². The summed E-state index contributed by atoms with van der Waals surface area (Å²) in [5.74, 6) is -0.977. The van der Waals surface area contributed by atoms with E-state index in [1.54, 1.807) is 24.3 Å². The van der Waals surface area contributed by atoms with Crippen LogP contribution in [0.4, 0.5) is 24.7 Å². The molecule has 3 aromatic rings. The minimum absolute atomic E-state index is 0.0165. The van der Waals surface area contributed by atoms with Crippen molar-refractivity contribution in [2.45, 2.75) is 24.7 Å². The molecule has 31 heavy (non-hydrogen) atoms. The van der Waals surface area contributed by atoms with Gasteiger partial charge in [-0.15, -0.1) is 0 Å². The minimum Gasteiger partial charge on any atom is -0.506 e. The van der Waals surface area contributed by atoms with Gasteiger partial charge in [-0.25, -0.2) is 4.68 Å². The molecule has 1 aromatic heterocycles. The Labute approximate surface area is 184 Å². The molecule has 0 fully saturated rings. The number of halogens is 5. The van der Waals surface area contributed by atoms with Gasteiger partial charge in [-0.05, 0) is 35.9 Å². The predicted octanol–water partition coefficient (Wildman–Crippen LogP) is 5.81. The summed E-state index contributed by atoms with van der Waals surface area (Å²) in [4.78, 5) is 12.6. The third-order valence-electron chi connectivity index (χ3n) is 4.90. The number of anilines is 2. The highest BCUT2D eigenvalue weighted by molar-refractivity contribution is 6.31. The smallest absolute Gasteiger partial charge is 0.410 e. The molecule has 11 heteroatoms. The number of nitrogens with one attached hydrogen (secondary N) is 2. The van der Waals surface area contributed by atoms with E-state index in [-0.39, 0.29) is 34.4 Å². The number of benzene rings is 2. The molecule has 1 amide bonds. The van der Waals surface area contributed by atoms with Gasteiger partial charge in [-0.2, -0.15) is 18.3 Å². The quantitative estimate of drug-likeness (QED) is 0.422. The maximum absolute atomic E-state index is 13.8. The third kappa shape index (κ3) is 4.42. The maximum atomic E-state index is 13.8. The van der Waals surface area contributed by atoms with E-state index in [2.05, 4.69) is 15.7 Å². The van der Waals surface area contributed by atoms with Gasteiger partial charge in [0.2, 0.25) is 0 Å². The van der Waals surface area contributed by atoms with Gasteiger partial charge in [0.05, 0.1) is 11.7 Å². The second kappa shape index (κ2) is 7.97. The number of aromatic nitrogens is 2. The van der Waals surface area contributed by atoms with Crippen molar-refractivity contribution in [1.82, 2.24) is 9.78 Å². The molecule has 0 saturated carbocycles. The van der Waals surface area contributed by atoms with E-state index in [4.69, 9.17) is 23.2 Å². The summed E-state index contributed by atoms with van der Waals surface area (Å²) in [5.41, 5.74) is 0.400. The highest BCUT2D eigenvalue weighted by Gasteiger charge is 2.46. The van der Waals surface area contributed by atoms with Gasteiger partial charge in [0.15, 0.2) is 11.7 Å². The fourth-order valence-electron chi connectivity index (χ4n) is 3.39. The van der Waals surface area contributed by atoms with Crippen molar-refractivity contribution >= 4 is 40.6 Å². The minimum atomic E-state index is -4.58. The highest BCUT2D eigenvalue weighted by Crippen LogP contribution is 2.43. The summed E-state index contributed by atoms with van der Waals surface area (Å²) in [5, 5.41) is 19.9. The van der Waals surface area contributed by atoms with Crippen LogP contribution in [0.1, 0.15) is 34.6 Å². The molecular formula is C20H15Cl2F3N4O2. The van der Waals surface area contributed by atoms with E-state index in [0.717, 1.165) is 4.68 Å². The first-order chi connectivity index (χ1) is 14.6. The molecule has 162 valence electrons. The van der Waals surface area contributed by atoms with Crippen molar-refractivity contribution in [2.75, 3.05) is 10.6 Å². The Morgan fingerprint density at radius 2 is 1.81 bits per heavy atom. The van der Waals surface area contributed by atoms with Gasteiger partial charge in [0, 0.05) is 22.5 Å². The van der Waals surface area contributed by atoms with Gasteiger partial charge >= 0.3 is 6.18 Å².